The Morgan fingerprint density at radius 3 is 2.53 bits per heavy atom. The topological polar surface area (TPSA) is 70.4 Å². The second-order valence-corrected chi connectivity index (χ2v) is 5.22. The van der Waals surface area contributed by atoms with E-state index in [0.29, 0.717) is 5.69 Å². The van der Waals surface area contributed by atoms with Crippen molar-refractivity contribution in [2.45, 2.75) is 0 Å². The lowest BCUT2D eigenvalue weighted by Gasteiger charge is -2.12. The van der Waals surface area contributed by atoms with Crippen LogP contribution < -0.4 is 0 Å². The number of hydrogen-bond acceptors (Lipinski definition) is 5. The summed E-state index contributed by atoms with van der Waals surface area (Å²) in [6.07, 6.45) is 2.63. The Morgan fingerprint density at radius 1 is 1.53 bits per heavy atom. The number of ketones is 1. The minimum atomic E-state index is -3.29. The molecule has 0 radical (unpaired) electrons. The highest BCUT2D eigenvalue weighted by molar-refractivity contribution is 7.54. The fraction of sp³-hybridized carbons (Fsp3) is 0.500. The van der Waals surface area contributed by atoms with Gasteiger partial charge in [0, 0.05) is 21.3 Å². The predicted octanol–water partition coefficient (Wildman–Crippen LogP) is 1.09. The Kier molecular flexibility index (Phi) is 3.79. The van der Waals surface area contributed by atoms with Crippen molar-refractivity contribution >= 4 is 13.4 Å². The van der Waals surface area contributed by atoms with Crippen molar-refractivity contribution in [2.75, 3.05) is 20.4 Å². The van der Waals surface area contributed by atoms with Crippen LogP contribution in [0.4, 0.5) is 0 Å². The van der Waals surface area contributed by atoms with Gasteiger partial charge in [0.25, 0.3) is 0 Å². The van der Waals surface area contributed by atoms with Gasteiger partial charge in [-0.1, -0.05) is 0 Å². The molecule has 0 saturated carbocycles. The first-order valence-electron chi connectivity index (χ1n) is 4.22. The average molecular weight is 232 g/mol. The summed E-state index contributed by atoms with van der Waals surface area (Å²) < 4.78 is 22.6. The van der Waals surface area contributed by atoms with Crippen molar-refractivity contribution in [3.8, 4) is 0 Å². The van der Waals surface area contributed by atoms with E-state index in [4.69, 9.17) is 0 Å². The maximum atomic E-state index is 11.7. The molecule has 0 unspecified atom stereocenters. The first-order chi connectivity index (χ1) is 7.02. The van der Waals surface area contributed by atoms with E-state index in [0.717, 1.165) is 0 Å². The zero-order valence-corrected chi connectivity index (χ0v) is 9.73. The SMILES string of the molecule is COP(=O)(CC(=O)c1cncn1C)OC. The number of rotatable bonds is 5. The van der Waals surface area contributed by atoms with Crippen molar-refractivity contribution in [1.29, 1.82) is 0 Å². The van der Waals surface area contributed by atoms with Crippen LogP contribution in [-0.2, 0) is 20.7 Å². The number of nitrogens with zero attached hydrogens (tertiary/aromatic N) is 2. The van der Waals surface area contributed by atoms with Crippen LogP contribution in [0.25, 0.3) is 0 Å². The van der Waals surface area contributed by atoms with Gasteiger partial charge in [-0.15, -0.1) is 0 Å². The number of carbonyl (C=O) groups excluding carboxylic acids is 1. The van der Waals surface area contributed by atoms with Gasteiger partial charge in [-0.2, -0.15) is 0 Å². The Hall–Kier alpha value is -0.970. The normalized spacial score (nSPS) is 11.7. The molecule has 1 aromatic rings. The molecule has 84 valence electrons. The maximum absolute atomic E-state index is 11.7. The van der Waals surface area contributed by atoms with Crippen LogP contribution in [0.5, 0.6) is 0 Å². The molecule has 1 aromatic heterocycles. The van der Waals surface area contributed by atoms with Gasteiger partial charge >= 0.3 is 7.60 Å². The third-order valence-corrected chi connectivity index (χ3v) is 3.78. The lowest BCUT2D eigenvalue weighted by atomic mass is 10.3. The van der Waals surface area contributed by atoms with Gasteiger partial charge in [0.05, 0.1) is 12.5 Å². The van der Waals surface area contributed by atoms with Crippen LogP contribution in [0.2, 0.25) is 0 Å². The summed E-state index contributed by atoms with van der Waals surface area (Å²) >= 11 is 0. The Labute approximate surface area is 87.7 Å². The van der Waals surface area contributed by atoms with Crippen LogP contribution in [0, 0.1) is 0 Å². The standard InChI is InChI=1S/C8H13N2O4P/c1-10-6-9-4-7(10)8(11)5-15(12,13-2)14-3/h4,6H,5H2,1-3H3. The monoisotopic (exact) mass is 232 g/mol. The van der Waals surface area contributed by atoms with Crippen LogP contribution in [-0.4, -0.2) is 35.7 Å². The fourth-order valence-electron chi connectivity index (χ4n) is 1.09. The van der Waals surface area contributed by atoms with E-state index in [1.807, 2.05) is 0 Å². The number of hydrogen-bond donors (Lipinski definition) is 0. The van der Waals surface area contributed by atoms with Crippen LogP contribution in [0.1, 0.15) is 10.5 Å². The number of Topliss-reactive ketones (excluding diaryl/α,β-unsaturated/α-hetero) is 1. The van der Waals surface area contributed by atoms with E-state index in [2.05, 4.69) is 14.0 Å². The molecular weight excluding hydrogens is 219 g/mol. The molecule has 0 aromatic carbocycles. The quantitative estimate of drug-likeness (QED) is 0.561. The smallest absolute Gasteiger partial charge is 0.331 e. The molecule has 0 aliphatic heterocycles. The first-order valence-corrected chi connectivity index (χ1v) is 5.95. The average Bonchev–Trinajstić information content (AvgIpc) is 2.64. The summed E-state index contributed by atoms with van der Waals surface area (Å²) in [6.45, 7) is 0. The van der Waals surface area contributed by atoms with Crippen LogP contribution in [0.3, 0.4) is 0 Å². The molecule has 0 fully saturated rings. The van der Waals surface area contributed by atoms with Gasteiger partial charge < -0.3 is 13.6 Å². The lowest BCUT2D eigenvalue weighted by molar-refractivity contribution is 0.100. The van der Waals surface area contributed by atoms with Crippen LogP contribution in [0.15, 0.2) is 12.5 Å². The molecule has 7 heteroatoms. The van der Waals surface area contributed by atoms with E-state index < -0.39 is 7.60 Å². The minimum Gasteiger partial charge on any atom is -0.331 e. The van der Waals surface area contributed by atoms with Gasteiger partial charge in [0.2, 0.25) is 0 Å². The number of aryl methyl sites for hydroxylation is 1. The van der Waals surface area contributed by atoms with Gasteiger partial charge in [-0.05, 0) is 0 Å². The maximum Gasteiger partial charge on any atom is 0.337 e. The molecule has 0 bridgehead atoms. The van der Waals surface area contributed by atoms with Gasteiger partial charge in [-0.25, -0.2) is 4.98 Å². The highest BCUT2D eigenvalue weighted by atomic mass is 31.2. The summed E-state index contributed by atoms with van der Waals surface area (Å²) in [4.78, 5) is 15.5. The summed E-state index contributed by atoms with van der Waals surface area (Å²) in [6, 6.07) is 0. The first kappa shape index (κ1) is 12.1. The van der Waals surface area contributed by atoms with Crippen molar-refractivity contribution in [3.05, 3.63) is 18.2 Å². The third kappa shape index (κ3) is 2.75. The van der Waals surface area contributed by atoms with E-state index in [1.165, 1.54) is 26.7 Å². The summed E-state index contributed by atoms with van der Waals surface area (Å²) in [5.74, 6) is -0.318. The second-order valence-electron chi connectivity index (χ2n) is 2.95. The lowest BCUT2D eigenvalue weighted by Crippen LogP contribution is -2.11. The molecule has 0 aliphatic carbocycles. The highest BCUT2D eigenvalue weighted by Gasteiger charge is 2.27. The molecule has 15 heavy (non-hydrogen) atoms. The summed E-state index contributed by atoms with van der Waals surface area (Å²) in [5.41, 5.74) is 0.379. The largest absolute Gasteiger partial charge is 0.337 e. The molecule has 0 N–H and O–H groups in total. The second kappa shape index (κ2) is 4.70. The van der Waals surface area contributed by atoms with E-state index in [9.17, 15) is 9.36 Å². The number of aromatic nitrogens is 2. The van der Waals surface area contributed by atoms with E-state index in [1.54, 1.807) is 11.6 Å². The highest BCUT2D eigenvalue weighted by Crippen LogP contribution is 2.46. The number of imidazole rings is 1. The Morgan fingerprint density at radius 2 is 2.13 bits per heavy atom. The molecular formula is C8H13N2O4P. The fourth-order valence-corrected chi connectivity index (χ4v) is 2.01. The Bertz CT molecular complexity index is 393. The summed E-state index contributed by atoms with van der Waals surface area (Å²) in [7, 11) is 0.898. The molecule has 0 amide bonds. The van der Waals surface area contributed by atoms with E-state index >= 15 is 0 Å². The van der Waals surface area contributed by atoms with Gasteiger partial charge in [0.15, 0.2) is 5.78 Å². The van der Waals surface area contributed by atoms with Crippen molar-refractivity contribution < 1.29 is 18.4 Å². The third-order valence-electron chi connectivity index (χ3n) is 2.00. The molecule has 0 aliphatic rings. The molecule has 1 rings (SSSR count). The van der Waals surface area contributed by atoms with Crippen molar-refractivity contribution in [3.63, 3.8) is 0 Å². The molecule has 0 saturated heterocycles. The Balaban J connectivity index is 2.81. The van der Waals surface area contributed by atoms with Crippen LogP contribution >= 0.6 is 7.60 Å². The van der Waals surface area contributed by atoms with Crippen molar-refractivity contribution in [1.82, 2.24) is 9.55 Å². The van der Waals surface area contributed by atoms with Gasteiger partial charge in [-0.3, -0.25) is 9.36 Å². The zero-order valence-electron chi connectivity index (χ0n) is 8.84. The minimum absolute atomic E-state index is 0.278. The molecule has 0 atom stereocenters. The number of carbonyl (C=O) groups is 1. The van der Waals surface area contributed by atoms with Gasteiger partial charge in [0.1, 0.15) is 11.9 Å². The zero-order chi connectivity index (χ0) is 11.5. The van der Waals surface area contributed by atoms with E-state index in [-0.39, 0.29) is 11.9 Å². The predicted molar refractivity (Wildman–Crippen MR) is 54.0 cm³/mol. The summed E-state index contributed by atoms with van der Waals surface area (Å²) in [5, 5.41) is 0. The molecule has 1 heterocycles. The molecule has 6 nitrogen and oxygen atoms in total. The van der Waals surface area contributed by atoms with Crippen molar-refractivity contribution in [2.24, 2.45) is 7.05 Å². The molecule has 0 spiro atoms.